The molecule has 126 valence electrons. The monoisotopic (exact) mass is 338 g/mol. The molecule has 0 unspecified atom stereocenters. The highest BCUT2D eigenvalue weighted by molar-refractivity contribution is 7.89. The van der Waals surface area contributed by atoms with Gasteiger partial charge in [-0.3, -0.25) is 9.69 Å². The number of anilines is 1. The minimum atomic E-state index is -3.71. The van der Waals surface area contributed by atoms with Crippen LogP contribution in [0.3, 0.4) is 0 Å². The summed E-state index contributed by atoms with van der Waals surface area (Å²) in [6.45, 7) is 5.73. The van der Waals surface area contributed by atoms with Crippen molar-refractivity contribution in [2.45, 2.75) is 24.3 Å². The van der Waals surface area contributed by atoms with Gasteiger partial charge in [-0.05, 0) is 37.1 Å². The standard InChI is InChI=1S/C15H22N4O3S/c1-11-9-17-5-7-18(11)10-15(20)19-6-4-12-8-13(23(16,21)22)2-3-14(12)19/h2-3,8,11,17H,4-7,9-10H2,1H3,(H2,16,21,22)/t11-/m0/s1. The number of nitrogens with one attached hydrogen (secondary N) is 1. The Bertz CT molecular complexity index is 719. The van der Waals surface area contributed by atoms with Crippen molar-refractivity contribution in [3.63, 3.8) is 0 Å². The molecular formula is C15H22N4O3S. The maximum absolute atomic E-state index is 12.6. The summed E-state index contributed by atoms with van der Waals surface area (Å²) in [5.41, 5.74) is 1.66. The molecule has 3 N–H and O–H groups in total. The summed E-state index contributed by atoms with van der Waals surface area (Å²) in [6.07, 6.45) is 0.654. The van der Waals surface area contributed by atoms with E-state index in [2.05, 4.69) is 17.1 Å². The zero-order valence-electron chi connectivity index (χ0n) is 13.2. The molecule has 2 heterocycles. The highest BCUT2D eigenvalue weighted by Crippen LogP contribution is 2.30. The lowest BCUT2D eigenvalue weighted by molar-refractivity contribution is -0.120. The molecule has 3 rings (SSSR count). The van der Waals surface area contributed by atoms with E-state index >= 15 is 0 Å². The highest BCUT2D eigenvalue weighted by atomic mass is 32.2. The SMILES string of the molecule is C[C@H]1CNCCN1CC(=O)N1CCc2cc(S(N)(=O)=O)ccc21. The summed E-state index contributed by atoms with van der Waals surface area (Å²) in [6, 6.07) is 5.05. The molecule has 1 atom stereocenters. The quantitative estimate of drug-likeness (QED) is 0.776. The van der Waals surface area contributed by atoms with E-state index in [4.69, 9.17) is 5.14 Å². The molecule has 7 nitrogen and oxygen atoms in total. The van der Waals surface area contributed by atoms with Crippen molar-refractivity contribution >= 4 is 21.6 Å². The average molecular weight is 338 g/mol. The van der Waals surface area contributed by atoms with E-state index in [0.717, 1.165) is 30.9 Å². The van der Waals surface area contributed by atoms with Crippen LogP contribution >= 0.6 is 0 Å². The first-order chi connectivity index (χ1) is 10.9. The summed E-state index contributed by atoms with van der Waals surface area (Å²) in [7, 11) is -3.71. The molecule has 1 aromatic carbocycles. The third kappa shape index (κ3) is 3.40. The van der Waals surface area contributed by atoms with Crippen molar-refractivity contribution in [2.75, 3.05) is 37.6 Å². The summed E-state index contributed by atoms with van der Waals surface area (Å²) in [4.78, 5) is 16.6. The third-order valence-electron chi connectivity index (χ3n) is 4.55. The molecule has 0 aliphatic carbocycles. The normalized spacial score (nSPS) is 22.2. The van der Waals surface area contributed by atoms with Crippen LogP contribution in [0, 0.1) is 0 Å². The van der Waals surface area contributed by atoms with Gasteiger partial charge in [0.25, 0.3) is 0 Å². The largest absolute Gasteiger partial charge is 0.314 e. The Morgan fingerprint density at radius 3 is 2.87 bits per heavy atom. The lowest BCUT2D eigenvalue weighted by atomic mass is 10.2. The summed E-state index contributed by atoms with van der Waals surface area (Å²) in [5, 5.41) is 8.47. The van der Waals surface area contributed by atoms with E-state index < -0.39 is 10.0 Å². The van der Waals surface area contributed by atoms with Crippen LogP contribution in [0.2, 0.25) is 0 Å². The number of carbonyl (C=O) groups excluding carboxylic acids is 1. The van der Waals surface area contributed by atoms with Gasteiger partial charge in [0.15, 0.2) is 0 Å². The molecule has 1 amide bonds. The number of nitrogens with two attached hydrogens (primary N) is 1. The fourth-order valence-corrected chi connectivity index (χ4v) is 3.76. The van der Waals surface area contributed by atoms with Crippen LogP contribution in [-0.4, -0.2) is 58.0 Å². The smallest absolute Gasteiger partial charge is 0.241 e. The van der Waals surface area contributed by atoms with E-state index in [-0.39, 0.29) is 10.8 Å². The van der Waals surface area contributed by atoms with E-state index in [1.807, 2.05) is 0 Å². The van der Waals surface area contributed by atoms with Crippen LogP contribution < -0.4 is 15.4 Å². The predicted molar refractivity (Wildman–Crippen MR) is 87.8 cm³/mol. The number of hydrogen-bond acceptors (Lipinski definition) is 5. The molecule has 2 aliphatic rings. The number of hydrogen-bond donors (Lipinski definition) is 2. The van der Waals surface area contributed by atoms with Gasteiger partial charge in [0.2, 0.25) is 15.9 Å². The van der Waals surface area contributed by atoms with Crippen LogP contribution in [0.5, 0.6) is 0 Å². The van der Waals surface area contributed by atoms with Crippen molar-refractivity contribution in [1.29, 1.82) is 0 Å². The summed E-state index contributed by atoms with van der Waals surface area (Å²) < 4.78 is 22.9. The number of carbonyl (C=O) groups is 1. The van der Waals surface area contributed by atoms with Crippen LogP contribution in [-0.2, 0) is 21.2 Å². The molecule has 1 saturated heterocycles. The topological polar surface area (TPSA) is 95.7 Å². The van der Waals surface area contributed by atoms with Gasteiger partial charge >= 0.3 is 0 Å². The molecule has 0 radical (unpaired) electrons. The molecule has 1 fully saturated rings. The number of amides is 1. The predicted octanol–water partition coefficient (Wildman–Crippen LogP) is -0.483. The summed E-state index contributed by atoms with van der Waals surface area (Å²) >= 11 is 0. The second-order valence-electron chi connectivity index (χ2n) is 6.15. The first-order valence-corrected chi connectivity index (χ1v) is 9.32. The van der Waals surface area contributed by atoms with Gasteiger partial charge < -0.3 is 10.2 Å². The minimum Gasteiger partial charge on any atom is -0.314 e. The zero-order valence-corrected chi connectivity index (χ0v) is 14.0. The zero-order chi connectivity index (χ0) is 16.6. The van der Waals surface area contributed by atoms with Gasteiger partial charge in [0, 0.05) is 37.9 Å². The molecule has 2 aliphatic heterocycles. The molecule has 0 spiro atoms. The Morgan fingerprint density at radius 1 is 1.39 bits per heavy atom. The second-order valence-corrected chi connectivity index (χ2v) is 7.72. The molecular weight excluding hydrogens is 316 g/mol. The average Bonchev–Trinajstić information content (AvgIpc) is 2.92. The number of rotatable bonds is 3. The molecule has 1 aromatic rings. The maximum atomic E-state index is 12.6. The van der Waals surface area contributed by atoms with Crippen molar-refractivity contribution < 1.29 is 13.2 Å². The maximum Gasteiger partial charge on any atom is 0.241 e. The lowest BCUT2D eigenvalue weighted by Gasteiger charge is -2.34. The van der Waals surface area contributed by atoms with Gasteiger partial charge in [0.05, 0.1) is 11.4 Å². The highest BCUT2D eigenvalue weighted by Gasteiger charge is 2.28. The Labute approximate surface area is 136 Å². The van der Waals surface area contributed by atoms with Gasteiger partial charge in [-0.25, -0.2) is 13.6 Å². The second kappa shape index (κ2) is 6.20. The first kappa shape index (κ1) is 16.4. The fourth-order valence-electron chi connectivity index (χ4n) is 3.19. The third-order valence-corrected chi connectivity index (χ3v) is 5.46. The van der Waals surface area contributed by atoms with Gasteiger partial charge in [-0.15, -0.1) is 0 Å². The van der Waals surface area contributed by atoms with Gasteiger partial charge in [-0.1, -0.05) is 0 Å². The Morgan fingerprint density at radius 2 is 2.17 bits per heavy atom. The minimum absolute atomic E-state index is 0.0563. The Balaban J connectivity index is 1.75. The van der Waals surface area contributed by atoms with Crippen molar-refractivity contribution in [3.8, 4) is 0 Å². The molecule has 23 heavy (non-hydrogen) atoms. The molecule has 0 bridgehead atoms. The van der Waals surface area contributed by atoms with Crippen molar-refractivity contribution in [2.24, 2.45) is 5.14 Å². The number of piperazine rings is 1. The molecule has 0 aromatic heterocycles. The number of sulfonamides is 1. The van der Waals surface area contributed by atoms with Crippen molar-refractivity contribution in [3.05, 3.63) is 23.8 Å². The van der Waals surface area contributed by atoms with E-state index in [9.17, 15) is 13.2 Å². The van der Waals surface area contributed by atoms with Crippen LogP contribution in [0.15, 0.2) is 23.1 Å². The Hall–Kier alpha value is -1.48. The molecule has 0 saturated carbocycles. The number of benzene rings is 1. The number of primary sulfonamides is 1. The van der Waals surface area contributed by atoms with E-state index in [1.54, 1.807) is 17.0 Å². The Kier molecular flexibility index (Phi) is 4.41. The molecule has 8 heteroatoms. The van der Waals surface area contributed by atoms with Crippen molar-refractivity contribution in [1.82, 2.24) is 10.2 Å². The van der Waals surface area contributed by atoms with E-state index in [1.165, 1.54) is 6.07 Å². The van der Waals surface area contributed by atoms with E-state index in [0.29, 0.717) is 25.6 Å². The van der Waals surface area contributed by atoms with Crippen LogP contribution in [0.1, 0.15) is 12.5 Å². The van der Waals surface area contributed by atoms with Crippen LogP contribution in [0.25, 0.3) is 0 Å². The fraction of sp³-hybridized carbons (Fsp3) is 0.533. The van der Waals surface area contributed by atoms with Gasteiger partial charge in [0.1, 0.15) is 0 Å². The summed E-state index contributed by atoms with van der Waals surface area (Å²) in [5.74, 6) is 0.0563. The lowest BCUT2D eigenvalue weighted by Crippen LogP contribution is -2.53. The number of fused-ring (bicyclic) bond motifs is 1. The van der Waals surface area contributed by atoms with Crippen LogP contribution in [0.4, 0.5) is 5.69 Å². The first-order valence-electron chi connectivity index (χ1n) is 7.77. The number of nitrogens with zero attached hydrogens (tertiary/aromatic N) is 2. The van der Waals surface area contributed by atoms with Gasteiger partial charge in [-0.2, -0.15) is 0 Å².